The molecule has 1 aromatic heterocycles. The summed E-state index contributed by atoms with van der Waals surface area (Å²) in [4.78, 5) is 73.7. The number of piperidine rings is 2. The number of methoxy groups -OCH3 is 2. The van der Waals surface area contributed by atoms with E-state index in [-0.39, 0.29) is 42.3 Å². The van der Waals surface area contributed by atoms with Crippen LogP contribution in [0.15, 0.2) is 41.3 Å². The molecule has 15 nitrogen and oxygen atoms in total. The van der Waals surface area contributed by atoms with Crippen LogP contribution in [-0.4, -0.2) is 139 Å². The maximum Gasteiger partial charge on any atom is 0.317 e. The number of pyridine rings is 1. The van der Waals surface area contributed by atoms with E-state index < -0.39 is 6.04 Å². The molecule has 314 valence electrons. The van der Waals surface area contributed by atoms with Crippen LogP contribution < -0.4 is 25.7 Å². The first-order valence-electron chi connectivity index (χ1n) is 20.9. The van der Waals surface area contributed by atoms with E-state index in [2.05, 4.69) is 37.5 Å². The molecule has 5 amide bonds. The molecule has 3 fully saturated rings. The van der Waals surface area contributed by atoms with Gasteiger partial charge in [0.25, 0.3) is 11.5 Å². The number of hydrogen-bond acceptors (Lipinski definition) is 10. The van der Waals surface area contributed by atoms with Gasteiger partial charge in [0.2, 0.25) is 11.8 Å². The van der Waals surface area contributed by atoms with Crippen LogP contribution in [0.2, 0.25) is 0 Å². The first-order chi connectivity index (χ1) is 28.5. The quantitative estimate of drug-likeness (QED) is 0.293. The standard InChI is InChI=1S/C44H56N8O7/c1-45-44(57)51-14-11-33-34(25-47(2)42(55)35(33)27-51)30-22-38(58-3)36(39(23-30)59-4)26-50-19-17-49(18-20-50)16-15-48-12-9-28(10-13-48)29-5-6-32-31(21-29)24-52(43(32)56)37-7-8-40(53)46-41(37)54/h5-6,21-23,25,28,37H,7-20,24,26-27H2,1-4H3,(H,45,57)(H,46,53,54). The summed E-state index contributed by atoms with van der Waals surface area (Å²) in [6.45, 7) is 9.90. The zero-order valence-corrected chi connectivity index (χ0v) is 34.7. The van der Waals surface area contributed by atoms with Crippen molar-refractivity contribution in [2.75, 3.05) is 80.2 Å². The minimum atomic E-state index is -0.592. The fourth-order valence-electron chi connectivity index (χ4n) is 9.69. The van der Waals surface area contributed by atoms with Gasteiger partial charge in [-0.2, -0.15) is 0 Å². The Morgan fingerprint density at radius 3 is 2.14 bits per heavy atom. The Morgan fingerprint density at radius 2 is 1.47 bits per heavy atom. The summed E-state index contributed by atoms with van der Waals surface area (Å²) in [6, 6.07) is 9.50. The highest BCUT2D eigenvalue weighted by atomic mass is 16.5. The number of hydrogen-bond donors (Lipinski definition) is 2. The van der Waals surface area contributed by atoms with Crippen LogP contribution in [0.3, 0.4) is 0 Å². The number of benzene rings is 2. The summed E-state index contributed by atoms with van der Waals surface area (Å²) in [5.41, 5.74) is 7.28. The molecule has 6 heterocycles. The first kappa shape index (κ1) is 40.5. The largest absolute Gasteiger partial charge is 0.496 e. The van der Waals surface area contributed by atoms with Gasteiger partial charge >= 0.3 is 6.03 Å². The second kappa shape index (κ2) is 17.2. The number of nitrogens with one attached hydrogen (secondary N) is 2. The molecule has 59 heavy (non-hydrogen) atoms. The second-order valence-corrected chi connectivity index (χ2v) is 16.6. The van der Waals surface area contributed by atoms with Crippen molar-refractivity contribution in [1.29, 1.82) is 0 Å². The van der Waals surface area contributed by atoms with Crippen LogP contribution in [0, 0.1) is 0 Å². The number of likely N-dealkylation sites (tertiary alicyclic amines) is 1. The van der Waals surface area contributed by atoms with Crippen LogP contribution in [0.4, 0.5) is 4.79 Å². The number of fused-ring (bicyclic) bond motifs is 2. The maximum atomic E-state index is 13.2. The molecule has 0 bridgehead atoms. The number of carbonyl (C=O) groups is 4. The summed E-state index contributed by atoms with van der Waals surface area (Å²) < 4.78 is 13.6. The predicted molar refractivity (Wildman–Crippen MR) is 221 cm³/mol. The highest BCUT2D eigenvalue weighted by Gasteiger charge is 2.39. The topological polar surface area (TPSA) is 149 Å². The highest BCUT2D eigenvalue weighted by Crippen LogP contribution is 2.39. The smallest absolute Gasteiger partial charge is 0.317 e. The molecule has 0 spiro atoms. The van der Waals surface area contributed by atoms with Gasteiger partial charge in [0.05, 0.1) is 26.3 Å². The van der Waals surface area contributed by atoms with Gasteiger partial charge in [-0.1, -0.05) is 12.1 Å². The molecule has 5 aliphatic rings. The third-order valence-electron chi connectivity index (χ3n) is 13.2. The number of aryl methyl sites for hydroxylation is 1. The number of ether oxygens (including phenoxy) is 2. The Hall–Kier alpha value is -5.25. The van der Waals surface area contributed by atoms with E-state index in [1.54, 1.807) is 42.7 Å². The maximum absolute atomic E-state index is 13.2. The number of nitrogens with zero attached hydrogens (tertiary/aromatic N) is 6. The summed E-state index contributed by atoms with van der Waals surface area (Å²) in [7, 11) is 6.73. The number of urea groups is 1. The lowest BCUT2D eigenvalue weighted by atomic mass is 9.88. The number of imide groups is 1. The number of rotatable bonds is 10. The van der Waals surface area contributed by atoms with E-state index in [9.17, 15) is 24.0 Å². The molecule has 15 heteroatoms. The fourth-order valence-corrected chi connectivity index (χ4v) is 9.69. The first-order valence-corrected chi connectivity index (χ1v) is 20.9. The Balaban J connectivity index is 0.831. The van der Waals surface area contributed by atoms with E-state index in [1.165, 1.54) is 5.56 Å². The van der Waals surface area contributed by atoms with Crippen LogP contribution in [0.1, 0.15) is 69.8 Å². The molecule has 2 aromatic carbocycles. The van der Waals surface area contributed by atoms with Crippen molar-refractivity contribution in [3.05, 3.63) is 80.3 Å². The molecule has 0 aliphatic carbocycles. The van der Waals surface area contributed by atoms with Gasteiger partial charge in [-0.25, -0.2) is 4.79 Å². The van der Waals surface area contributed by atoms with E-state index in [4.69, 9.17) is 9.47 Å². The Morgan fingerprint density at radius 1 is 0.797 bits per heavy atom. The van der Waals surface area contributed by atoms with Crippen molar-refractivity contribution >= 4 is 23.8 Å². The highest BCUT2D eigenvalue weighted by molar-refractivity contribution is 6.05. The summed E-state index contributed by atoms with van der Waals surface area (Å²) in [5.74, 6) is 1.16. The molecule has 1 unspecified atom stereocenters. The molecule has 0 radical (unpaired) electrons. The van der Waals surface area contributed by atoms with Crippen molar-refractivity contribution in [1.82, 2.24) is 39.7 Å². The SMILES string of the molecule is CNC(=O)N1CCc2c(-c3cc(OC)c(CN4CCN(CCN5CCC(c6ccc7c(c6)CN(C6CCC(=O)NC6=O)C7=O)CC5)CC4)c(OC)c3)cn(C)c(=O)c2C1. The van der Waals surface area contributed by atoms with Crippen molar-refractivity contribution in [3.63, 3.8) is 0 Å². The van der Waals surface area contributed by atoms with Crippen LogP contribution in [-0.2, 0) is 42.7 Å². The van der Waals surface area contributed by atoms with E-state index in [0.29, 0.717) is 49.5 Å². The average Bonchev–Trinajstić information content (AvgIpc) is 3.58. The molecule has 3 aromatic rings. The normalized spacial score (nSPS) is 20.7. The molecule has 3 saturated heterocycles. The number of amides is 5. The molecule has 8 rings (SSSR count). The van der Waals surface area contributed by atoms with Crippen molar-refractivity contribution in [2.24, 2.45) is 7.05 Å². The number of piperazine rings is 1. The molecule has 2 N–H and O–H groups in total. The van der Waals surface area contributed by atoms with Crippen molar-refractivity contribution < 1.29 is 28.7 Å². The van der Waals surface area contributed by atoms with E-state index in [1.807, 2.05) is 24.4 Å². The number of aromatic nitrogens is 1. The lowest BCUT2D eigenvalue weighted by molar-refractivity contribution is -0.136. The number of carbonyl (C=O) groups excluding carboxylic acids is 4. The Kier molecular flexibility index (Phi) is 11.8. The molecule has 5 aliphatic heterocycles. The summed E-state index contributed by atoms with van der Waals surface area (Å²) >= 11 is 0. The fraction of sp³-hybridized carbons (Fsp3) is 0.523. The Bertz CT molecular complexity index is 2160. The Labute approximate surface area is 345 Å². The molecular weight excluding hydrogens is 753 g/mol. The predicted octanol–water partition coefficient (Wildman–Crippen LogP) is 2.53. The van der Waals surface area contributed by atoms with Gasteiger partial charge < -0.3 is 34.1 Å². The lowest BCUT2D eigenvalue weighted by Gasteiger charge is -2.37. The van der Waals surface area contributed by atoms with Crippen molar-refractivity contribution in [3.8, 4) is 22.6 Å². The van der Waals surface area contributed by atoms with E-state index in [0.717, 1.165) is 105 Å². The minimum Gasteiger partial charge on any atom is -0.496 e. The average molecular weight is 809 g/mol. The molecule has 0 saturated carbocycles. The van der Waals surface area contributed by atoms with Gasteiger partial charge in [0.15, 0.2) is 0 Å². The lowest BCUT2D eigenvalue weighted by Crippen LogP contribution is -2.52. The van der Waals surface area contributed by atoms with Gasteiger partial charge in [-0.3, -0.25) is 34.3 Å². The van der Waals surface area contributed by atoms with Gasteiger partial charge in [0.1, 0.15) is 17.5 Å². The van der Waals surface area contributed by atoms with Crippen LogP contribution in [0.5, 0.6) is 11.5 Å². The zero-order chi connectivity index (χ0) is 41.4. The van der Waals surface area contributed by atoms with Crippen LogP contribution in [0.25, 0.3) is 11.1 Å². The summed E-state index contributed by atoms with van der Waals surface area (Å²) in [5, 5.41) is 5.06. The van der Waals surface area contributed by atoms with Gasteiger partial charge in [-0.15, -0.1) is 0 Å². The monoisotopic (exact) mass is 808 g/mol. The van der Waals surface area contributed by atoms with Crippen molar-refractivity contribution in [2.45, 2.75) is 63.7 Å². The summed E-state index contributed by atoms with van der Waals surface area (Å²) in [6.07, 6.45) is 5.23. The zero-order valence-electron chi connectivity index (χ0n) is 34.7. The molecule has 1 atom stereocenters. The minimum absolute atomic E-state index is 0.0910. The van der Waals surface area contributed by atoms with Crippen LogP contribution >= 0.6 is 0 Å². The van der Waals surface area contributed by atoms with E-state index >= 15 is 0 Å². The third-order valence-corrected chi connectivity index (χ3v) is 13.2. The third kappa shape index (κ3) is 8.20. The molecular formula is C44H56N8O7. The second-order valence-electron chi connectivity index (χ2n) is 16.6. The van der Waals surface area contributed by atoms with Gasteiger partial charge in [0, 0.05) is 102 Å². The van der Waals surface area contributed by atoms with Gasteiger partial charge in [-0.05, 0) is 85.1 Å².